The molecule has 0 spiro atoms. The van der Waals surface area contributed by atoms with E-state index >= 15 is 0 Å². The number of ketones is 1. The van der Waals surface area contributed by atoms with Gasteiger partial charge in [0.05, 0.1) is 0 Å². The van der Waals surface area contributed by atoms with E-state index in [2.05, 4.69) is 21.6 Å². The highest BCUT2D eigenvalue weighted by atomic mass is 16.2. The lowest BCUT2D eigenvalue weighted by atomic mass is 9.79. The van der Waals surface area contributed by atoms with Gasteiger partial charge in [0.1, 0.15) is 5.78 Å². The van der Waals surface area contributed by atoms with Crippen molar-refractivity contribution in [1.82, 2.24) is 14.7 Å². The summed E-state index contributed by atoms with van der Waals surface area (Å²) in [5.41, 5.74) is 0. The highest BCUT2D eigenvalue weighted by molar-refractivity contribution is 5.81. The summed E-state index contributed by atoms with van der Waals surface area (Å²) >= 11 is 0. The second kappa shape index (κ2) is 9.32. The lowest BCUT2D eigenvalue weighted by Gasteiger charge is -2.40. The van der Waals surface area contributed by atoms with E-state index in [-0.39, 0.29) is 11.8 Å². The Bertz CT molecular complexity index is 480. The van der Waals surface area contributed by atoms with Gasteiger partial charge in [-0.3, -0.25) is 9.59 Å². The number of hydrogen-bond donors (Lipinski definition) is 0. The van der Waals surface area contributed by atoms with E-state index in [1.807, 2.05) is 0 Å². The first-order chi connectivity index (χ1) is 12.6. The summed E-state index contributed by atoms with van der Waals surface area (Å²) in [7, 11) is 0. The van der Waals surface area contributed by atoms with Crippen molar-refractivity contribution in [3.63, 3.8) is 0 Å². The van der Waals surface area contributed by atoms with Crippen LogP contribution in [0.5, 0.6) is 0 Å². The van der Waals surface area contributed by atoms with Crippen LogP contribution in [0, 0.1) is 17.8 Å². The number of likely N-dealkylation sites (tertiary alicyclic amines) is 1. The molecule has 0 aromatic rings. The van der Waals surface area contributed by atoms with Crippen molar-refractivity contribution in [3.05, 3.63) is 0 Å². The third-order valence-electron chi connectivity index (χ3n) is 6.91. The summed E-state index contributed by atoms with van der Waals surface area (Å²) in [6.07, 6.45) is 6.03. The molecule has 0 aromatic heterocycles. The van der Waals surface area contributed by atoms with Crippen molar-refractivity contribution in [2.24, 2.45) is 17.8 Å². The number of carbonyl (C=O) groups excluding carboxylic acids is 2. The van der Waals surface area contributed by atoms with Crippen LogP contribution in [0.1, 0.15) is 52.4 Å². The third-order valence-corrected chi connectivity index (χ3v) is 6.91. The largest absolute Gasteiger partial charge is 0.342 e. The lowest BCUT2D eigenvalue weighted by molar-refractivity contribution is -0.139. The van der Waals surface area contributed by atoms with E-state index in [0.717, 1.165) is 58.3 Å². The zero-order valence-electron chi connectivity index (χ0n) is 16.8. The van der Waals surface area contributed by atoms with Crippen LogP contribution >= 0.6 is 0 Å². The van der Waals surface area contributed by atoms with Crippen molar-refractivity contribution in [2.45, 2.75) is 52.4 Å². The molecular weight excluding hydrogens is 326 g/mol. The summed E-state index contributed by atoms with van der Waals surface area (Å²) in [5.74, 6) is 1.67. The number of piperazine rings is 1. The predicted molar refractivity (Wildman–Crippen MR) is 104 cm³/mol. The Balaban J connectivity index is 1.44. The van der Waals surface area contributed by atoms with Crippen molar-refractivity contribution in [3.8, 4) is 0 Å². The molecule has 3 fully saturated rings. The van der Waals surface area contributed by atoms with Gasteiger partial charge in [-0.2, -0.15) is 0 Å². The maximum absolute atomic E-state index is 13.0. The van der Waals surface area contributed by atoms with Gasteiger partial charge in [0, 0.05) is 57.6 Å². The Morgan fingerprint density at radius 3 is 2.08 bits per heavy atom. The van der Waals surface area contributed by atoms with Crippen LogP contribution in [0.4, 0.5) is 0 Å². The Morgan fingerprint density at radius 2 is 1.46 bits per heavy atom. The first-order valence-corrected chi connectivity index (χ1v) is 10.8. The van der Waals surface area contributed by atoms with Crippen molar-refractivity contribution >= 4 is 11.7 Å². The molecule has 2 heterocycles. The minimum atomic E-state index is 0.164. The Hall–Kier alpha value is -0.940. The van der Waals surface area contributed by atoms with Gasteiger partial charge in [-0.15, -0.1) is 0 Å². The van der Waals surface area contributed by atoms with E-state index < -0.39 is 0 Å². The number of rotatable bonds is 5. The second-order valence-corrected chi connectivity index (χ2v) is 8.69. The fraction of sp³-hybridized carbons (Fsp3) is 0.905. The Labute approximate surface area is 159 Å². The molecule has 0 aromatic carbocycles. The van der Waals surface area contributed by atoms with Crippen LogP contribution in [-0.4, -0.2) is 78.7 Å². The molecule has 5 heteroatoms. The molecule has 1 atom stereocenters. The lowest BCUT2D eigenvalue weighted by Crippen LogP contribution is -2.50. The number of carbonyl (C=O) groups is 2. The van der Waals surface area contributed by atoms with Crippen LogP contribution in [0.3, 0.4) is 0 Å². The zero-order valence-corrected chi connectivity index (χ0v) is 16.8. The average molecular weight is 364 g/mol. The number of nitrogens with zero attached hydrogens (tertiary/aromatic N) is 3. The molecule has 1 amide bonds. The highest BCUT2D eigenvalue weighted by Crippen LogP contribution is 2.31. The summed E-state index contributed by atoms with van der Waals surface area (Å²) in [6, 6.07) is 0. The molecule has 1 unspecified atom stereocenters. The summed E-state index contributed by atoms with van der Waals surface area (Å²) < 4.78 is 0. The minimum Gasteiger partial charge on any atom is -0.342 e. The molecular formula is C21H37N3O2. The van der Waals surface area contributed by atoms with Gasteiger partial charge in [-0.05, 0) is 57.9 Å². The van der Waals surface area contributed by atoms with Gasteiger partial charge in [0.25, 0.3) is 0 Å². The summed E-state index contributed by atoms with van der Waals surface area (Å²) in [6.45, 7) is 12.8. The number of hydrogen-bond acceptors (Lipinski definition) is 4. The Kier molecular flexibility index (Phi) is 7.10. The quantitative estimate of drug-likeness (QED) is 0.751. The fourth-order valence-electron chi connectivity index (χ4n) is 5.07. The second-order valence-electron chi connectivity index (χ2n) is 8.69. The monoisotopic (exact) mass is 363 g/mol. The van der Waals surface area contributed by atoms with Crippen LogP contribution in [0.15, 0.2) is 0 Å². The van der Waals surface area contributed by atoms with Gasteiger partial charge in [-0.25, -0.2) is 0 Å². The molecule has 1 saturated carbocycles. The van der Waals surface area contributed by atoms with Gasteiger partial charge in [0.2, 0.25) is 5.91 Å². The van der Waals surface area contributed by atoms with Crippen molar-refractivity contribution < 1.29 is 9.59 Å². The smallest absolute Gasteiger partial charge is 0.225 e. The fourth-order valence-corrected chi connectivity index (χ4v) is 5.07. The van der Waals surface area contributed by atoms with E-state index in [4.69, 9.17) is 0 Å². The van der Waals surface area contributed by atoms with Gasteiger partial charge in [0.15, 0.2) is 0 Å². The predicted octanol–water partition coefficient (Wildman–Crippen LogP) is 2.26. The number of Topliss-reactive ketones (excluding diaryl/α,β-unsaturated/α-hetero) is 1. The van der Waals surface area contributed by atoms with E-state index in [9.17, 15) is 9.59 Å². The van der Waals surface area contributed by atoms with Crippen LogP contribution in [0.2, 0.25) is 0 Å². The summed E-state index contributed by atoms with van der Waals surface area (Å²) in [4.78, 5) is 31.8. The molecule has 5 nitrogen and oxygen atoms in total. The van der Waals surface area contributed by atoms with Crippen LogP contribution in [0.25, 0.3) is 0 Å². The average Bonchev–Trinajstić information content (AvgIpc) is 2.68. The number of amides is 1. The van der Waals surface area contributed by atoms with E-state index in [1.165, 1.54) is 32.6 Å². The topological polar surface area (TPSA) is 43.9 Å². The van der Waals surface area contributed by atoms with E-state index in [0.29, 0.717) is 17.6 Å². The first kappa shape index (κ1) is 19.8. The molecule has 0 radical (unpaired) electrons. The SMILES string of the molecule is CCN1CCN(CC2CCCN(C(=O)C3CCC(C(C)=O)CC3)C2)CC1. The first-order valence-electron chi connectivity index (χ1n) is 10.8. The van der Waals surface area contributed by atoms with Crippen molar-refractivity contribution in [1.29, 1.82) is 0 Å². The summed E-state index contributed by atoms with van der Waals surface area (Å²) in [5, 5.41) is 0. The number of likely N-dealkylation sites (N-methyl/N-ethyl adjacent to an activating group) is 1. The molecule has 148 valence electrons. The van der Waals surface area contributed by atoms with Gasteiger partial charge in [-0.1, -0.05) is 6.92 Å². The van der Waals surface area contributed by atoms with E-state index in [1.54, 1.807) is 6.92 Å². The zero-order chi connectivity index (χ0) is 18.5. The molecule has 2 aliphatic heterocycles. The maximum atomic E-state index is 13.0. The standard InChI is InChI=1S/C21H37N3O2/c1-3-22-11-13-23(14-12-22)15-18-5-4-10-24(16-18)21(26)20-8-6-19(7-9-20)17(2)25/h18-20H,3-16H2,1-2H3. The molecule has 3 aliphatic rings. The van der Waals surface area contributed by atoms with Gasteiger partial charge >= 0.3 is 0 Å². The third kappa shape index (κ3) is 5.07. The number of piperidine rings is 1. The van der Waals surface area contributed by atoms with Crippen LogP contribution < -0.4 is 0 Å². The van der Waals surface area contributed by atoms with Gasteiger partial charge < -0.3 is 14.7 Å². The molecule has 3 rings (SSSR count). The minimum absolute atomic E-state index is 0.164. The molecule has 2 saturated heterocycles. The molecule has 0 N–H and O–H groups in total. The maximum Gasteiger partial charge on any atom is 0.225 e. The van der Waals surface area contributed by atoms with Crippen LogP contribution in [-0.2, 0) is 9.59 Å². The highest BCUT2D eigenvalue weighted by Gasteiger charge is 2.33. The molecule has 26 heavy (non-hydrogen) atoms. The Morgan fingerprint density at radius 1 is 0.846 bits per heavy atom. The molecule has 1 aliphatic carbocycles. The van der Waals surface area contributed by atoms with Crippen molar-refractivity contribution in [2.75, 3.05) is 52.4 Å². The molecule has 0 bridgehead atoms. The normalized spacial score (nSPS) is 31.8.